The maximum Gasteiger partial charge on any atom is 0.345 e. The quantitative estimate of drug-likeness (QED) is 0.881. The van der Waals surface area contributed by atoms with Gasteiger partial charge in [-0.1, -0.05) is 30.3 Å². The highest BCUT2D eigenvalue weighted by atomic mass is 32.1. The van der Waals surface area contributed by atoms with Gasteiger partial charge in [0.15, 0.2) is 0 Å². The summed E-state index contributed by atoms with van der Waals surface area (Å²) in [5.41, 5.74) is 1.71. The SMILES string of the molecule is [C-]#[N+]c1c(N2CCOCC2)sc(C(=O)O)c1-c1ccccc1. The van der Waals surface area contributed by atoms with Crippen LogP contribution in [0.3, 0.4) is 0 Å². The number of rotatable bonds is 3. The van der Waals surface area contributed by atoms with Gasteiger partial charge < -0.3 is 14.7 Å². The van der Waals surface area contributed by atoms with Gasteiger partial charge in [-0.25, -0.2) is 9.64 Å². The first kappa shape index (κ1) is 14.6. The van der Waals surface area contributed by atoms with Crippen molar-refractivity contribution >= 4 is 28.0 Å². The second kappa shape index (κ2) is 6.18. The number of benzene rings is 1. The van der Waals surface area contributed by atoms with Gasteiger partial charge in [0.25, 0.3) is 0 Å². The number of anilines is 1. The fourth-order valence-electron chi connectivity index (χ4n) is 2.52. The molecule has 5 nitrogen and oxygen atoms in total. The second-order valence-electron chi connectivity index (χ2n) is 4.84. The van der Waals surface area contributed by atoms with Crippen LogP contribution in [-0.4, -0.2) is 37.4 Å². The molecule has 2 heterocycles. The molecule has 112 valence electrons. The Labute approximate surface area is 132 Å². The summed E-state index contributed by atoms with van der Waals surface area (Å²) < 4.78 is 5.33. The van der Waals surface area contributed by atoms with Crippen molar-refractivity contribution in [2.75, 3.05) is 31.2 Å². The summed E-state index contributed by atoms with van der Waals surface area (Å²) in [5, 5.41) is 10.3. The summed E-state index contributed by atoms with van der Waals surface area (Å²) in [7, 11) is 0. The number of carboxylic acid groups (broad SMARTS) is 1. The molecule has 0 amide bonds. The van der Waals surface area contributed by atoms with Crippen molar-refractivity contribution in [2.24, 2.45) is 0 Å². The minimum Gasteiger partial charge on any atom is -0.477 e. The van der Waals surface area contributed by atoms with E-state index in [0.717, 1.165) is 10.6 Å². The smallest absolute Gasteiger partial charge is 0.345 e. The van der Waals surface area contributed by atoms with E-state index in [1.54, 1.807) is 0 Å². The van der Waals surface area contributed by atoms with Crippen molar-refractivity contribution in [3.8, 4) is 11.1 Å². The van der Waals surface area contributed by atoms with E-state index in [2.05, 4.69) is 4.85 Å². The predicted molar refractivity (Wildman–Crippen MR) is 86.0 cm³/mol. The van der Waals surface area contributed by atoms with E-state index in [-0.39, 0.29) is 4.88 Å². The zero-order valence-electron chi connectivity index (χ0n) is 11.8. The van der Waals surface area contributed by atoms with Gasteiger partial charge in [0.2, 0.25) is 5.69 Å². The molecule has 1 fully saturated rings. The van der Waals surface area contributed by atoms with Crippen LogP contribution in [0.5, 0.6) is 0 Å². The van der Waals surface area contributed by atoms with Gasteiger partial charge in [0.05, 0.1) is 24.8 Å². The zero-order valence-corrected chi connectivity index (χ0v) is 12.6. The second-order valence-corrected chi connectivity index (χ2v) is 5.84. The molecule has 0 bridgehead atoms. The number of hydrogen-bond acceptors (Lipinski definition) is 4. The Balaban J connectivity index is 2.17. The number of hydrogen-bond donors (Lipinski definition) is 1. The molecule has 6 heteroatoms. The molecule has 0 aliphatic carbocycles. The molecule has 1 N–H and O–H groups in total. The number of carboxylic acids is 1. The van der Waals surface area contributed by atoms with Crippen LogP contribution in [0, 0.1) is 6.57 Å². The molecule has 0 atom stereocenters. The highest BCUT2D eigenvalue weighted by Crippen LogP contribution is 2.48. The summed E-state index contributed by atoms with van der Waals surface area (Å²) in [6.45, 7) is 10.1. The summed E-state index contributed by atoms with van der Waals surface area (Å²) in [5.74, 6) is -0.992. The Hall–Kier alpha value is -2.36. The van der Waals surface area contributed by atoms with Gasteiger partial charge in [-0.05, 0) is 5.56 Å². The van der Waals surface area contributed by atoms with Crippen LogP contribution in [-0.2, 0) is 4.74 Å². The Morgan fingerprint density at radius 3 is 2.55 bits per heavy atom. The molecule has 0 unspecified atom stereocenters. The molecule has 1 aromatic heterocycles. The van der Waals surface area contributed by atoms with Gasteiger partial charge >= 0.3 is 5.97 Å². The lowest BCUT2D eigenvalue weighted by Crippen LogP contribution is -2.35. The Morgan fingerprint density at radius 2 is 1.95 bits per heavy atom. The first-order chi connectivity index (χ1) is 10.7. The van der Waals surface area contributed by atoms with Gasteiger partial charge in [0, 0.05) is 18.7 Å². The van der Waals surface area contributed by atoms with Gasteiger partial charge in [-0.3, -0.25) is 0 Å². The van der Waals surface area contributed by atoms with Crippen molar-refractivity contribution < 1.29 is 14.6 Å². The number of morpholine rings is 1. The minimum absolute atomic E-state index is 0.221. The molecule has 22 heavy (non-hydrogen) atoms. The Bertz CT molecular complexity index is 728. The molecule has 1 aliphatic heterocycles. The highest BCUT2D eigenvalue weighted by molar-refractivity contribution is 7.19. The molecule has 2 aromatic rings. The number of carbonyl (C=O) groups is 1. The Kier molecular flexibility index (Phi) is 4.09. The lowest BCUT2D eigenvalue weighted by Gasteiger charge is -2.28. The van der Waals surface area contributed by atoms with Crippen molar-refractivity contribution in [1.82, 2.24) is 0 Å². The Morgan fingerprint density at radius 1 is 1.27 bits per heavy atom. The predicted octanol–water partition coefficient (Wildman–Crippen LogP) is 3.50. The van der Waals surface area contributed by atoms with Crippen LogP contribution in [0.25, 0.3) is 16.0 Å². The van der Waals surface area contributed by atoms with Gasteiger partial charge in [-0.2, -0.15) is 0 Å². The summed E-state index contributed by atoms with van der Waals surface area (Å²) >= 11 is 1.18. The monoisotopic (exact) mass is 314 g/mol. The minimum atomic E-state index is -0.992. The standard InChI is InChI=1S/C16H14N2O3S/c1-17-13-12(11-5-3-2-4-6-11)14(16(19)20)22-15(13)18-7-9-21-10-8-18/h2-6H,7-10H2,(H,19,20). The van der Waals surface area contributed by atoms with E-state index in [0.29, 0.717) is 37.6 Å². The molecule has 3 rings (SSSR count). The lowest BCUT2D eigenvalue weighted by molar-refractivity contribution is 0.0703. The van der Waals surface area contributed by atoms with E-state index in [1.807, 2.05) is 35.2 Å². The molecule has 0 saturated carbocycles. The first-order valence-electron chi connectivity index (χ1n) is 6.88. The third-order valence-corrected chi connectivity index (χ3v) is 4.76. The maximum absolute atomic E-state index is 11.6. The highest BCUT2D eigenvalue weighted by Gasteiger charge is 2.27. The van der Waals surface area contributed by atoms with E-state index in [1.165, 1.54) is 11.3 Å². The molecule has 1 saturated heterocycles. The fourth-order valence-corrected chi connectivity index (χ4v) is 3.67. The average molecular weight is 314 g/mol. The van der Waals surface area contributed by atoms with E-state index >= 15 is 0 Å². The maximum atomic E-state index is 11.6. The number of nitrogens with zero attached hydrogens (tertiary/aromatic N) is 2. The number of aromatic carboxylic acids is 1. The summed E-state index contributed by atoms with van der Waals surface area (Å²) in [6, 6.07) is 9.25. The van der Waals surface area contributed by atoms with Gasteiger partial charge in [-0.15, -0.1) is 11.3 Å². The van der Waals surface area contributed by atoms with Crippen LogP contribution in [0.15, 0.2) is 30.3 Å². The summed E-state index contributed by atoms with van der Waals surface area (Å²) in [4.78, 5) is 17.5. The molecular weight excluding hydrogens is 300 g/mol. The van der Waals surface area contributed by atoms with E-state index in [4.69, 9.17) is 11.3 Å². The van der Waals surface area contributed by atoms with Crippen LogP contribution in [0.1, 0.15) is 9.67 Å². The van der Waals surface area contributed by atoms with E-state index in [9.17, 15) is 9.90 Å². The summed E-state index contributed by atoms with van der Waals surface area (Å²) in [6.07, 6.45) is 0. The molecule has 1 aliphatic rings. The van der Waals surface area contributed by atoms with Crippen LogP contribution in [0.4, 0.5) is 10.7 Å². The van der Waals surface area contributed by atoms with Crippen LogP contribution in [0.2, 0.25) is 0 Å². The number of thiophene rings is 1. The fraction of sp³-hybridized carbons (Fsp3) is 0.250. The van der Waals surface area contributed by atoms with Crippen molar-refractivity contribution in [3.63, 3.8) is 0 Å². The van der Waals surface area contributed by atoms with Crippen molar-refractivity contribution in [2.45, 2.75) is 0 Å². The van der Waals surface area contributed by atoms with Crippen LogP contribution >= 0.6 is 11.3 Å². The van der Waals surface area contributed by atoms with Crippen molar-refractivity contribution in [3.05, 3.63) is 46.6 Å². The van der Waals surface area contributed by atoms with Crippen molar-refractivity contribution in [1.29, 1.82) is 0 Å². The molecule has 0 spiro atoms. The van der Waals surface area contributed by atoms with Crippen LogP contribution < -0.4 is 4.90 Å². The first-order valence-corrected chi connectivity index (χ1v) is 7.69. The topological polar surface area (TPSA) is 54.1 Å². The number of ether oxygens (including phenoxy) is 1. The van der Waals surface area contributed by atoms with Gasteiger partial charge in [0.1, 0.15) is 4.88 Å². The normalized spacial score (nSPS) is 14.6. The van der Waals surface area contributed by atoms with E-state index < -0.39 is 5.97 Å². The molecule has 0 radical (unpaired) electrons. The zero-order chi connectivity index (χ0) is 15.5. The lowest BCUT2D eigenvalue weighted by atomic mass is 10.0. The molecular formula is C16H14N2O3S. The third-order valence-electron chi connectivity index (χ3n) is 3.53. The average Bonchev–Trinajstić information content (AvgIpc) is 2.96. The largest absolute Gasteiger partial charge is 0.477 e. The molecule has 1 aromatic carbocycles. The third kappa shape index (κ3) is 2.56.